The van der Waals surface area contributed by atoms with Gasteiger partial charge in [-0.25, -0.2) is 0 Å². The standard InChI is InChI=1S/C16H32N2O/c1-6-14-11-19-12(2)9-18(14)10-13-7-8-16(3,4)15(13)17-5/h12-15,17H,6-11H2,1-5H3. The summed E-state index contributed by atoms with van der Waals surface area (Å²) in [7, 11) is 2.13. The Morgan fingerprint density at radius 2 is 2.11 bits per heavy atom. The molecule has 4 unspecified atom stereocenters. The highest BCUT2D eigenvalue weighted by atomic mass is 16.5. The van der Waals surface area contributed by atoms with Crippen molar-refractivity contribution in [1.82, 2.24) is 10.2 Å². The van der Waals surface area contributed by atoms with Crippen LogP contribution in [0.1, 0.15) is 47.0 Å². The number of ether oxygens (including phenoxy) is 1. The molecule has 2 fully saturated rings. The third-order valence-corrected chi connectivity index (χ3v) is 5.31. The Morgan fingerprint density at radius 1 is 1.37 bits per heavy atom. The molecule has 112 valence electrons. The first-order chi connectivity index (χ1) is 8.97. The van der Waals surface area contributed by atoms with Crippen molar-refractivity contribution in [3.8, 4) is 0 Å². The second-order valence-electron chi connectivity index (χ2n) is 7.21. The number of morpholine rings is 1. The molecule has 1 aliphatic carbocycles. The van der Waals surface area contributed by atoms with Gasteiger partial charge < -0.3 is 10.1 Å². The van der Waals surface area contributed by atoms with Crippen molar-refractivity contribution in [3.63, 3.8) is 0 Å². The molecule has 1 saturated carbocycles. The smallest absolute Gasteiger partial charge is 0.0674 e. The summed E-state index contributed by atoms with van der Waals surface area (Å²) >= 11 is 0. The van der Waals surface area contributed by atoms with Crippen molar-refractivity contribution in [2.75, 3.05) is 26.7 Å². The average Bonchev–Trinajstić information content (AvgIpc) is 2.64. The van der Waals surface area contributed by atoms with Crippen LogP contribution in [-0.2, 0) is 4.74 Å². The second kappa shape index (κ2) is 6.11. The van der Waals surface area contributed by atoms with E-state index in [2.05, 4.69) is 45.0 Å². The van der Waals surface area contributed by atoms with Crippen LogP contribution in [0.15, 0.2) is 0 Å². The first-order valence-electron chi connectivity index (χ1n) is 8.00. The van der Waals surface area contributed by atoms with E-state index in [-0.39, 0.29) is 0 Å². The largest absolute Gasteiger partial charge is 0.376 e. The highest BCUT2D eigenvalue weighted by molar-refractivity contribution is 4.97. The molecule has 0 spiro atoms. The molecule has 19 heavy (non-hydrogen) atoms. The van der Waals surface area contributed by atoms with E-state index < -0.39 is 0 Å². The van der Waals surface area contributed by atoms with Crippen molar-refractivity contribution in [2.24, 2.45) is 11.3 Å². The number of hydrogen-bond acceptors (Lipinski definition) is 3. The summed E-state index contributed by atoms with van der Waals surface area (Å²) in [6, 6.07) is 1.28. The maximum absolute atomic E-state index is 5.81. The monoisotopic (exact) mass is 268 g/mol. The van der Waals surface area contributed by atoms with Crippen LogP contribution in [-0.4, -0.2) is 49.8 Å². The molecule has 0 aromatic rings. The van der Waals surface area contributed by atoms with Crippen LogP contribution >= 0.6 is 0 Å². The number of nitrogens with one attached hydrogen (secondary N) is 1. The fraction of sp³-hybridized carbons (Fsp3) is 1.00. The van der Waals surface area contributed by atoms with Crippen LogP contribution in [0.4, 0.5) is 0 Å². The summed E-state index contributed by atoms with van der Waals surface area (Å²) in [5.74, 6) is 0.791. The van der Waals surface area contributed by atoms with E-state index in [9.17, 15) is 0 Å². The van der Waals surface area contributed by atoms with Crippen molar-refractivity contribution >= 4 is 0 Å². The Bertz CT molecular complexity index is 292. The van der Waals surface area contributed by atoms with Crippen LogP contribution < -0.4 is 5.32 Å². The van der Waals surface area contributed by atoms with E-state index in [1.54, 1.807) is 0 Å². The molecule has 2 rings (SSSR count). The summed E-state index contributed by atoms with van der Waals surface area (Å²) in [5.41, 5.74) is 0.443. The Labute approximate surface area is 119 Å². The summed E-state index contributed by atoms with van der Waals surface area (Å²) in [6.07, 6.45) is 4.30. The molecular formula is C16H32N2O. The Morgan fingerprint density at radius 3 is 2.74 bits per heavy atom. The lowest BCUT2D eigenvalue weighted by Crippen LogP contribution is -2.52. The second-order valence-corrected chi connectivity index (χ2v) is 7.21. The van der Waals surface area contributed by atoms with Gasteiger partial charge in [-0.05, 0) is 44.6 Å². The van der Waals surface area contributed by atoms with Crippen molar-refractivity contribution < 1.29 is 4.74 Å². The highest BCUT2D eigenvalue weighted by Crippen LogP contribution is 2.41. The first kappa shape index (κ1) is 15.3. The van der Waals surface area contributed by atoms with E-state index in [1.807, 2.05) is 0 Å². The fourth-order valence-corrected chi connectivity index (χ4v) is 4.15. The molecule has 1 N–H and O–H groups in total. The van der Waals surface area contributed by atoms with Gasteiger partial charge in [-0.15, -0.1) is 0 Å². The Hall–Kier alpha value is -0.120. The van der Waals surface area contributed by atoms with E-state index in [0.29, 0.717) is 23.6 Å². The topological polar surface area (TPSA) is 24.5 Å². The summed E-state index contributed by atoms with van der Waals surface area (Å²) in [5, 5.41) is 3.58. The molecule has 0 aromatic heterocycles. The van der Waals surface area contributed by atoms with Gasteiger partial charge in [0.25, 0.3) is 0 Å². The number of rotatable bonds is 4. The predicted molar refractivity (Wildman–Crippen MR) is 80.4 cm³/mol. The summed E-state index contributed by atoms with van der Waals surface area (Å²) in [4.78, 5) is 2.69. The van der Waals surface area contributed by atoms with E-state index in [4.69, 9.17) is 4.74 Å². The zero-order chi connectivity index (χ0) is 14.0. The maximum Gasteiger partial charge on any atom is 0.0674 e. The molecule has 3 heteroatoms. The molecular weight excluding hydrogens is 236 g/mol. The van der Waals surface area contributed by atoms with Crippen LogP contribution in [0.3, 0.4) is 0 Å². The molecule has 1 heterocycles. The quantitative estimate of drug-likeness (QED) is 0.848. The molecule has 1 aliphatic heterocycles. The van der Waals surface area contributed by atoms with Gasteiger partial charge in [-0.1, -0.05) is 20.8 Å². The minimum atomic E-state index is 0.394. The molecule has 0 aromatic carbocycles. The van der Waals surface area contributed by atoms with Crippen molar-refractivity contribution in [1.29, 1.82) is 0 Å². The zero-order valence-electron chi connectivity index (χ0n) is 13.4. The van der Waals surface area contributed by atoms with E-state index in [0.717, 1.165) is 19.1 Å². The summed E-state index contributed by atoms with van der Waals surface area (Å²) in [6.45, 7) is 12.6. The van der Waals surface area contributed by atoms with Gasteiger partial charge in [0.2, 0.25) is 0 Å². The SMILES string of the molecule is CCC1COC(C)CN1CC1CCC(C)(C)C1NC. The van der Waals surface area contributed by atoms with Crippen LogP contribution in [0.2, 0.25) is 0 Å². The first-order valence-corrected chi connectivity index (χ1v) is 8.00. The van der Waals surface area contributed by atoms with Crippen molar-refractivity contribution in [2.45, 2.75) is 65.1 Å². The highest BCUT2D eigenvalue weighted by Gasteiger charge is 2.42. The third kappa shape index (κ3) is 3.32. The molecule has 0 bridgehead atoms. The van der Waals surface area contributed by atoms with Gasteiger partial charge in [0, 0.05) is 25.2 Å². The molecule has 0 amide bonds. The zero-order valence-corrected chi connectivity index (χ0v) is 13.4. The van der Waals surface area contributed by atoms with E-state index in [1.165, 1.54) is 25.8 Å². The van der Waals surface area contributed by atoms with E-state index >= 15 is 0 Å². The van der Waals surface area contributed by atoms with Gasteiger partial charge in [-0.2, -0.15) is 0 Å². The van der Waals surface area contributed by atoms with Crippen LogP contribution in [0, 0.1) is 11.3 Å². The van der Waals surface area contributed by atoms with Gasteiger partial charge >= 0.3 is 0 Å². The lowest BCUT2D eigenvalue weighted by Gasteiger charge is -2.41. The normalized spacial score (nSPS) is 39.6. The van der Waals surface area contributed by atoms with Gasteiger partial charge in [0.05, 0.1) is 12.7 Å². The van der Waals surface area contributed by atoms with Crippen molar-refractivity contribution in [3.05, 3.63) is 0 Å². The number of nitrogens with zero attached hydrogens (tertiary/aromatic N) is 1. The average molecular weight is 268 g/mol. The molecule has 4 atom stereocenters. The third-order valence-electron chi connectivity index (χ3n) is 5.31. The van der Waals surface area contributed by atoms with Gasteiger partial charge in [-0.3, -0.25) is 4.90 Å². The maximum atomic E-state index is 5.81. The Kier molecular flexibility index (Phi) is 4.91. The molecule has 1 saturated heterocycles. The summed E-state index contributed by atoms with van der Waals surface area (Å²) < 4.78 is 5.81. The lowest BCUT2D eigenvalue weighted by atomic mass is 9.84. The Balaban J connectivity index is 1.99. The fourth-order valence-electron chi connectivity index (χ4n) is 4.15. The van der Waals surface area contributed by atoms with Gasteiger partial charge in [0.1, 0.15) is 0 Å². The van der Waals surface area contributed by atoms with Gasteiger partial charge in [0.15, 0.2) is 0 Å². The number of hydrogen-bond donors (Lipinski definition) is 1. The van der Waals surface area contributed by atoms with Crippen LogP contribution in [0.25, 0.3) is 0 Å². The predicted octanol–water partition coefficient (Wildman–Crippen LogP) is 2.51. The molecule has 0 radical (unpaired) electrons. The minimum absolute atomic E-state index is 0.394. The minimum Gasteiger partial charge on any atom is -0.376 e. The van der Waals surface area contributed by atoms with Crippen LogP contribution in [0.5, 0.6) is 0 Å². The molecule has 2 aliphatic rings. The molecule has 3 nitrogen and oxygen atoms in total. The lowest BCUT2D eigenvalue weighted by molar-refractivity contribution is -0.0618.